The van der Waals surface area contributed by atoms with E-state index in [4.69, 9.17) is 0 Å². The predicted molar refractivity (Wildman–Crippen MR) is 72.4 cm³/mol. The van der Waals surface area contributed by atoms with E-state index in [0.29, 0.717) is 16.7 Å². The quantitative estimate of drug-likeness (QED) is 0.912. The molecule has 2 unspecified atom stereocenters. The lowest BCUT2D eigenvalue weighted by Gasteiger charge is -2.28. The summed E-state index contributed by atoms with van der Waals surface area (Å²) < 4.78 is 13.3. The van der Waals surface area contributed by atoms with Gasteiger partial charge in [-0.3, -0.25) is 4.79 Å². The summed E-state index contributed by atoms with van der Waals surface area (Å²) >= 11 is 0. The molecule has 1 heterocycles. The molecule has 20 heavy (non-hydrogen) atoms. The van der Waals surface area contributed by atoms with Crippen LogP contribution in [0.15, 0.2) is 48.5 Å². The number of carbonyl (C=O) groups excluding carboxylic acids is 1. The Hall–Kier alpha value is -2.20. The third-order valence-electron chi connectivity index (χ3n) is 3.72. The molecule has 102 valence electrons. The predicted octanol–water partition coefficient (Wildman–Crippen LogP) is 3.03. The van der Waals surface area contributed by atoms with Gasteiger partial charge in [0.2, 0.25) is 0 Å². The van der Waals surface area contributed by atoms with Gasteiger partial charge in [0.25, 0.3) is 5.91 Å². The molecule has 2 aromatic rings. The molecule has 3 rings (SSSR count). The van der Waals surface area contributed by atoms with Gasteiger partial charge in [0.15, 0.2) is 6.23 Å². The van der Waals surface area contributed by atoms with E-state index < -0.39 is 12.3 Å². The van der Waals surface area contributed by atoms with E-state index in [1.54, 1.807) is 43.3 Å². The Morgan fingerprint density at radius 1 is 1.20 bits per heavy atom. The second kappa shape index (κ2) is 4.72. The second-order valence-electron chi connectivity index (χ2n) is 4.90. The number of aliphatic hydroxyl groups excluding tert-OH is 1. The molecule has 0 saturated heterocycles. The van der Waals surface area contributed by atoms with Gasteiger partial charge >= 0.3 is 0 Å². The van der Waals surface area contributed by atoms with Crippen molar-refractivity contribution < 1.29 is 14.3 Å². The molecule has 4 heteroatoms. The third-order valence-corrected chi connectivity index (χ3v) is 3.72. The first-order chi connectivity index (χ1) is 9.59. The first-order valence-electron chi connectivity index (χ1n) is 6.44. The first-order valence-corrected chi connectivity index (χ1v) is 6.44. The molecule has 1 aliphatic heterocycles. The number of nitrogens with zero attached hydrogens (tertiary/aromatic N) is 1. The van der Waals surface area contributed by atoms with Crippen molar-refractivity contribution in [3.05, 3.63) is 71.0 Å². The summed E-state index contributed by atoms with van der Waals surface area (Å²) in [5, 5.41) is 10.3. The molecule has 0 bridgehead atoms. The van der Waals surface area contributed by atoms with Crippen molar-refractivity contribution in [2.45, 2.75) is 19.2 Å². The number of amides is 1. The summed E-state index contributed by atoms with van der Waals surface area (Å²) in [7, 11) is 0. The fraction of sp³-hybridized carbons (Fsp3) is 0.188. The van der Waals surface area contributed by atoms with Crippen LogP contribution in [-0.4, -0.2) is 15.9 Å². The molecule has 0 spiro atoms. The highest BCUT2D eigenvalue weighted by atomic mass is 19.1. The average molecular weight is 271 g/mol. The van der Waals surface area contributed by atoms with Crippen LogP contribution in [0.25, 0.3) is 0 Å². The Morgan fingerprint density at radius 2 is 1.95 bits per heavy atom. The number of hydrogen-bond acceptors (Lipinski definition) is 2. The number of carbonyl (C=O) groups is 1. The minimum atomic E-state index is -0.989. The van der Waals surface area contributed by atoms with Crippen molar-refractivity contribution >= 4 is 5.91 Å². The van der Waals surface area contributed by atoms with Crippen LogP contribution in [0.1, 0.15) is 40.7 Å². The smallest absolute Gasteiger partial charge is 0.257 e. The van der Waals surface area contributed by atoms with Gasteiger partial charge in [0.05, 0.1) is 6.04 Å². The molecule has 1 amide bonds. The standard InChI is InChI=1S/C16H14FNO2/c1-10(11-5-4-6-12(17)9-11)18-15(19)13-7-2-3-8-14(13)16(18)20/h2-10,15,19H,1H3. The van der Waals surface area contributed by atoms with Gasteiger partial charge in [-0.05, 0) is 30.7 Å². The number of aliphatic hydroxyl groups is 1. The molecule has 0 fully saturated rings. The molecule has 0 radical (unpaired) electrons. The third kappa shape index (κ3) is 1.89. The van der Waals surface area contributed by atoms with Gasteiger partial charge < -0.3 is 10.0 Å². The van der Waals surface area contributed by atoms with E-state index in [1.807, 2.05) is 0 Å². The normalized spacial score (nSPS) is 19.1. The summed E-state index contributed by atoms with van der Waals surface area (Å²) in [6.45, 7) is 1.78. The van der Waals surface area contributed by atoms with Crippen molar-refractivity contribution in [1.82, 2.24) is 4.90 Å². The van der Waals surface area contributed by atoms with Crippen molar-refractivity contribution in [2.75, 3.05) is 0 Å². The van der Waals surface area contributed by atoms with E-state index in [1.165, 1.54) is 17.0 Å². The molecule has 0 aliphatic carbocycles. The van der Waals surface area contributed by atoms with Crippen LogP contribution in [0.5, 0.6) is 0 Å². The van der Waals surface area contributed by atoms with Crippen molar-refractivity contribution in [1.29, 1.82) is 0 Å². The van der Waals surface area contributed by atoms with E-state index in [9.17, 15) is 14.3 Å². The van der Waals surface area contributed by atoms with Crippen molar-refractivity contribution in [3.8, 4) is 0 Å². The maximum atomic E-state index is 13.3. The van der Waals surface area contributed by atoms with Crippen LogP contribution >= 0.6 is 0 Å². The Labute approximate surface area is 116 Å². The van der Waals surface area contributed by atoms with Crippen LogP contribution in [0.2, 0.25) is 0 Å². The minimum Gasteiger partial charge on any atom is -0.369 e. The molecule has 3 nitrogen and oxygen atoms in total. The SMILES string of the molecule is CC(c1cccc(F)c1)N1C(=O)c2ccccc2C1O. The van der Waals surface area contributed by atoms with Crippen molar-refractivity contribution in [2.24, 2.45) is 0 Å². The van der Waals surface area contributed by atoms with Crippen LogP contribution in [-0.2, 0) is 0 Å². The van der Waals surface area contributed by atoms with Crippen LogP contribution in [0, 0.1) is 5.82 Å². The van der Waals surface area contributed by atoms with E-state index in [-0.39, 0.29) is 11.7 Å². The molecule has 1 N–H and O–H groups in total. The maximum Gasteiger partial charge on any atom is 0.257 e. The lowest BCUT2D eigenvalue weighted by molar-refractivity contribution is -0.000377. The molecular weight excluding hydrogens is 257 g/mol. The summed E-state index contributed by atoms with van der Waals surface area (Å²) in [4.78, 5) is 13.8. The van der Waals surface area contributed by atoms with Gasteiger partial charge in [-0.25, -0.2) is 4.39 Å². The summed E-state index contributed by atoms with van der Waals surface area (Å²) in [6, 6.07) is 12.7. The molecule has 2 aromatic carbocycles. The Balaban J connectivity index is 1.98. The van der Waals surface area contributed by atoms with Gasteiger partial charge in [-0.15, -0.1) is 0 Å². The fourth-order valence-electron chi connectivity index (χ4n) is 2.63. The summed E-state index contributed by atoms with van der Waals surface area (Å²) in [5.74, 6) is -0.585. The highest BCUT2D eigenvalue weighted by molar-refractivity contribution is 5.99. The summed E-state index contributed by atoms with van der Waals surface area (Å²) in [5.41, 5.74) is 1.76. The Kier molecular flexibility index (Phi) is 3.03. The zero-order valence-corrected chi connectivity index (χ0v) is 11.0. The maximum absolute atomic E-state index is 13.3. The number of rotatable bonds is 2. The Morgan fingerprint density at radius 3 is 2.65 bits per heavy atom. The molecule has 2 atom stereocenters. The first kappa shape index (κ1) is 12.8. The largest absolute Gasteiger partial charge is 0.369 e. The van der Waals surface area contributed by atoms with Gasteiger partial charge in [-0.1, -0.05) is 30.3 Å². The average Bonchev–Trinajstić information content (AvgIpc) is 2.71. The zero-order chi connectivity index (χ0) is 14.3. The minimum absolute atomic E-state index is 0.232. The Bertz CT molecular complexity index is 671. The lowest BCUT2D eigenvalue weighted by atomic mass is 10.1. The number of hydrogen-bond donors (Lipinski definition) is 1. The van der Waals surface area contributed by atoms with Gasteiger partial charge in [0.1, 0.15) is 5.82 Å². The highest BCUT2D eigenvalue weighted by Crippen LogP contribution is 2.37. The lowest BCUT2D eigenvalue weighted by Crippen LogP contribution is -2.30. The monoisotopic (exact) mass is 271 g/mol. The summed E-state index contributed by atoms with van der Waals surface area (Å²) in [6.07, 6.45) is -0.989. The molecule has 0 aromatic heterocycles. The number of benzene rings is 2. The second-order valence-corrected chi connectivity index (χ2v) is 4.90. The van der Waals surface area contributed by atoms with E-state index in [2.05, 4.69) is 0 Å². The van der Waals surface area contributed by atoms with E-state index in [0.717, 1.165) is 0 Å². The molecule has 1 aliphatic rings. The van der Waals surface area contributed by atoms with Crippen LogP contribution < -0.4 is 0 Å². The van der Waals surface area contributed by atoms with Gasteiger partial charge in [-0.2, -0.15) is 0 Å². The van der Waals surface area contributed by atoms with Gasteiger partial charge in [0, 0.05) is 11.1 Å². The highest BCUT2D eigenvalue weighted by Gasteiger charge is 2.38. The van der Waals surface area contributed by atoms with E-state index >= 15 is 0 Å². The number of halogens is 1. The molecular formula is C16H14FNO2. The topological polar surface area (TPSA) is 40.5 Å². The number of fused-ring (bicyclic) bond motifs is 1. The zero-order valence-electron chi connectivity index (χ0n) is 11.0. The fourth-order valence-corrected chi connectivity index (χ4v) is 2.63. The van der Waals surface area contributed by atoms with Crippen LogP contribution in [0.4, 0.5) is 4.39 Å². The van der Waals surface area contributed by atoms with Crippen molar-refractivity contribution in [3.63, 3.8) is 0 Å². The van der Waals surface area contributed by atoms with Crippen LogP contribution in [0.3, 0.4) is 0 Å². The molecule has 0 saturated carbocycles.